The number of hydrogen-bond acceptors (Lipinski definition) is 9. The normalized spacial score (nSPS) is 11.2. The van der Waals surface area contributed by atoms with Gasteiger partial charge >= 0.3 is 0 Å². The Morgan fingerprint density at radius 3 is 2.68 bits per heavy atom. The van der Waals surface area contributed by atoms with Crippen molar-refractivity contribution in [1.29, 1.82) is 0 Å². The molecule has 0 aliphatic heterocycles. The smallest absolute Gasteiger partial charge is 0.300 e. The van der Waals surface area contributed by atoms with Crippen LogP contribution in [0.1, 0.15) is 12.5 Å². The summed E-state index contributed by atoms with van der Waals surface area (Å²) in [6.07, 6.45) is 3.54. The fourth-order valence-electron chi connectivity index (χ4n) is 4.35. The standard InChI is InChI=1S/C31H27N5O4S/c1-20(37)36(14-15-38-2)19-21-8-10-24(33-18-21)29-17-26-30(41-29)28(12-13-32-26)39-23-9-11-27-25(16-23)35-31(40-27)34-22-6-4-3-5-7-22/h3-13,16-18H,14-15,19H2,1-2H3,(H,34,35). The molecule has 0 saturated heterocycles. The number of carbonyl (C=O) groups is 1. The van der Waals surface area contributed by atoms with Gasteiger partial charge < -0.3 is 24.1 Å². The van der Waals surface area contributed by atoms with E-state index in [1.807, 2.05) is 72.8 Å². The van der Waals surface area contributed by atoms with Crippen LogP contribution in [0.3, 0.4) is 0 Å². The van der Waals surface area contributed by atoms with E-state index in [9.17, 15) is 4.79 Å². The fourth-order valence-corrected chi connectivity index (χ4v) is 5.39. The molecule has 0 aliphatic rings. The van der Waals surface area contributed by atoms with Crippen molar-refractivity contribution in [1.82, 2.24) is 19.9 Å². The number of thiophene rings is 1. The molecule has 10 heteroatoms. The number of hydrogen-bond donors (Lipinski definition) is 1. The summed E-state index contributed by atoms with van der Waals surface area (Å²) in [6, 6.07) is 23.5. The molecule has 0 radical (unpaired) electrons. The quantitative estimate of drug-likeness (QED) is 0.189. The van der Waals surface area contributed by atoms with Crippen LogP contribution < -0.4 is 10.1 Å². The Bertz CT molecular complexity index is 1800. The number of nitrogens with one attached hydrogen (secondary N) is 1. The van der Waals surface area contributed by atoms with E-state index in [2.05, 4.69) is 20.3 Å². The zero-order chi connectivity index (χ0) is 28.2. The number of aromatic nitrogens is 3. The van der Waals surface area contributed by atoms with Crippen molar-refractivity contribution in [3.8, 4) is 22.1 Å². The van der Waals surface area contributed by atoms with Crippen LogP contribution in [0.4, 0.5) is 11.7 Å². The maximum Gasteiger partial charge on any atom is 0.300 e. The number of anilines is 2. The van der Waals surface area contributed by atoms with Gasteiger partial charge in [0, 0.05) is 57.3 Å². The zero-order valence-corrected chi connectivity index (χ0v) is 23.4. The third kappa shape index (κ3) is 6.03. The van der Waals surface area contributed by atoms with E-state index in [4.69, 9.17) is 13.9 Å². The van der Waals surface area contributed by atoms with Gasteiger partial charge in [0.2, 0.25) is 5.91 Å². The predicted octanol–water partition coefficient (Wildman–Crippen LogP) is 7.03. The van der Waals surface area contributed by atoms with Crippen LogP contribution >= 0.6 is 11.3 Å². The maximum atomic E-state index is 12.0. The SMILES string of the molecule is COCCN(Cc1ccc(-c2cc3nccc(Oc4ccc5oc(Nc6ccccc6)nc5c4)c3s2)nc1)C(C)=O. The molecule has 2 aromatic carbocycles. The molecule has 0 unspecified atom stereocenters. The van der Waals surface area contributed by atoms with Crippen molar-refractivity contribution in [2.24, 2.45) is 0 Å². The summed E-state index contributed by atoms with van der Waals surface area (Å²) in [5, 5.41) is 3.18. The van der Waals surface area contributed by atoms with Crippen LogP contribution in [0.2, 0.25) is 0 Å². The first kappa shape index (κ1) is 26.4. The molecule has 1 N–H and O–H groups in total. The van der Waals surface area contributed by atoms with E-state index in [1.54, 1.807) is 42.7 Å². The highest BCUT2D eigenvalue weighted by molar-refractivity contribution is 7.22. The largest absolute Gasteiger partial charge is 0.456 e. The Kier molecular flexibility index (Phi) is 7.57. The molecule has 206 valence electrons. The summed E-state index contributed by atoms with van der Waals surface area (Å²) in [6.45, 7) is 3.07. The Labute approximate surface area is 240 Å². The highest BCUT2D eigenvalue weighted by Gasteiger charge is 2.14. The lowest BCUT2D eigenvalue weighted by molar-refractivity contribution is -0.130. The van der Waals surface area contributed by atoms with Crippen LogP contribution in [-0.4, -0.2) is 46.0 Å². The maximum absolute atomic E-state index is 12.0. The predicted molar refractivity (Wildman–Crippen MR) is 160 cm³/mol. The molecule has 4 heterocycles. The summed E-state index contributed by atoms with van der Waals surface area (Å²) < 4.78 is 18.2. The van der Waals surface area contributed by atoms with Crippen LogP contribution in [0.25, 0.3) is 31.9 Å². The summed E-state index contributed by atoms with van der Waals surface area (Å²) in [7, 11) is 1.63. The average molecular weight is 566 g/mol. The number of rotatable bonds is 10. The highest BCUT2D eigenvalue weighted by atomic mass is 32.1. The molecule has 0 atom stereocenters. The van der Waals surface area contributed by atoms with Crippen LogP contribution in [0, 0.1) is 0 Å². The molecule has 6 rings (SSSR count). The number of pyridine rings is 2. The second kappa shape index (κ2) is 11.7. The van der Waals surface area contributed by atoms with Crippen molar-refractivity contribution in [3.63, 3.8) is 0 Å². The first-order valence-corrected chi connectivity index (χ1v) is 13.9. The second-order valence-electron chi connectivity index (χ2n) is 9.36. The summed E-state index contributed by atoms with van der Waals surface area (Å²) >= 11 is 1.57. The topological polar surface area (TPSA) is 103 Å². The lowest BCUT2D eigenvalue weighted by atomic mass is 10.2. The number of oxazole rings is 1. The molecule has 41 heavy (non-hydrogen) atoms. The van der Waals surface area contributed by atoms with Gasteiger partial charge in [0.15, 0.2) is 5.58 Å². The molecule has 0 aliphatic carbocycles. The van der Waals surface area contributed by atoms with Crippen molar-refractivity contribution in [3.05, 3.63) is 90.8 Å². The minimum atomic E-state index is 0.00114. The minimum Gasteiger partial charge on any atom is -0.456 e. The number of ether oxygens (including phenoxy) is 2. The monoisotopic (exact) mass is 565 g/mol. The fraction of sp³-hybridized carbons (Fsp3) is 0.161. The third-order valence-corrected chi connectivity index (χ3v) is 7.61. The van der Waals surface area contributed by atoms with Crippen molar-refractivity contribution in [2.75, 3.05) is 25.6 Å². The number of methoxy groups -OCH3 is 1. The van der Waals surface area contributed by atoms with E-state index in [0.29, 0.717) is 48.3 Å². The molecule has 0 bridgehead atoms. The summed E-state index contributed by atoms with van der Waals surface area (Å²) in [5.74, 6) is 1.34. The number of amides is 1. The second-order valence-corrected chi connectivity index (χ2v) is 10.4. The highest BCUT2D eigenvalue weighted by Crippen LogP contribution is 2.39. The zero-order valence-electron chi connectivity index (χ0n) is 22.5. The molecular weight excluding hydrogens is 538 g/mol. The summed E-state index contributed by atoms with van der Waals surface area (Å²) in [5.41, 5.74) is 4.85. The van der Waals surface area contributed by atoms with Crippen molar-refractivity contribution in [2.45, 2.75) is 13.5 Å². The Balaban J connectivity index is 1.20. The molecule has 0 fully saturated rings. The van der Waals surface area contributed by atoms with E-state index in [1.165, 1.54) is 0 Å². The van der Waals surface area contributed by atoms with E-state index < -0.39 is 0 Å². The van der Waals surface area contributed by atoms with Gasteiger partial charge in [0.05, 0.1) is 27.4 Å². The number of para-hydroxylation sites is 1. The van der Waals surface area contributed by atoms with Gasteiger partial charge in [-0.25, -0.2) is 0 Å². The van der Waals surface area contributed by atoms with Crippen molar-refractivity contribution >= 4 is 50.3 Å². The van der Waals surface area contributed by atoms with Crippen LogP contribution in [-0.2, 0) is 16.1 Å². The minimum absolute atomic E-state index is 0.00114. The number of carbonyl (C=O) groups excluding carboxylic acids is 1. The first-order valence-electron chi connectivity index (χ1n) is 13.0. The molecule has 6 aromatic rings. The van der Waals surface area contributed by atoms with Gasteiger partial charge in [0.25, 0.3) is 6.01 Å². The number of benzene rings is 2. The molecule has 1 amide bonds. The molecule has 0 saturated carbocycles. The van der Waals surface area contributed by atoms with Gasteiger partial charge in [0.1, 0.15) is 17.0 Å². The number of nitrogens with zero attached hydrogens (tertiary/aromatic N) is 4. The molecule has 0 spiro atoms. The van der Waals surface area contributed by atoms with Gasteiger partial charge in [-0.2, -0.15) is 4.98 Å². The first-order chi connectivity index (χ1) is 20.1. The van der Waals surface area contributed by atoms with Crippen LogP contribution in [0.15, 0.2) is 89.6 Å². The third-order valence-electron chi connectivity index (χ3n) is 6.45. The molecular formula is C31H27N5O4S. The Morgan fingerprint density at radius 1 is 1.02 bits per heavy atom. The number of fused-ring (bicyclic) bond motifs is 2. The lowest BCUT2D eigenvalue weighted by Crippen LogP contribution is -2.31. The van der Waals surface area contributed by atoms with E-state index >= 15 is 0 Å². The molecule has 9 nitrogen and oxygen atoms in total. The van der Waals surface area contributed by atoms with E-state index in [0.717, 1.165) is 32.0 Å². The van der Waals surface area contributed by atoms with Crippen LogP contribution in [0.5, 0.6) is 11.5 Å². The van der Waals surface area contributed by atoms with E-state index in [-0.39, 0.29) is 5.91 Å². The van der Waals surface area contributed by atoms with Crippen molar-refractivity contribution < 1.29 is 18.7 Å². The molecule has 4 aromatic heterocycles. The Morgan fingerprint density at radius 2 is 1.90 bits per heavy atom. The van der Waals surface area contributed by atoms with Gasteiger partial charge in [-0.1, -0.05) is 24.3 Å². The van der Waals surface area contributed by atoms with Gasteiger partial charge in [-0.3, -0.25) is 14.8 Å². The summed E-state index contributed by atoms with van der Waals surface area (Å²) in [4.78, 5) is 28.4. The van der Waals surface area contributed by atoms with Gasteiger partial charge in [-0.05, 0) is 42.0 Å². The Hall–Kier alpha value is -4.80. The van der Waals surface area contributed by atoms with Gasteiger partial charge in [-0.15, -0.1) is 11.3 Å². The lowest BCUT2D eigenvalue weighted by Gasteiger charge is -2.20. The average Bonchev–Trinajstić information content (AvgIpc) is 3.60.